The van der Waals surface area contributed by atoms with E-state index in [2.05, 4.69) is 17.6 Å². The molecular weight excluding hydrogens is 244 g/mol. The molecule has 0 saturated heterocycles. The lowest BCUT2D eigenvalue weighted by molar-refractivity contribution is -0.110. The third kappa shape index (κ3) is 3.08. The summed E-state index contributed by atoms with van der Waals surface area (Å²) in [5, 5.41) is 2.10. The summed E-state index contributed by atoms with van der Waals surface area (Å²) in [6.07, 6.45) is 9.24. The number of allylic oxidation sites excluding steroid dienone is 3. The van der Waals surface area contributed by atoms with Gasteiger partial charge in [-0.25, -0.2) is 0 Å². The van der Waals surface area contributed by atoms with E-state index in [0.717, 1.165) is 11.3 Å². The van der Waals surface area contributed by atoms with E-state index in [0.29, 0.717) is 5.56 Å². The summed E-state index contributed by atoms with van der Waals surface area (Å²) in [6, 6.07) is 7.07. The Balaban J connectivity index is 0.000000169. The summed E-state index contributed by atoms with van der Waals surface area (Å²) in [4.78, 5) is 22.1. The highest BCUT2D eigenvalue weighted by Gasteiger charge is 2.19. The number of Topliss-reactive ketones (excluding diaryl/α,β-unsaturated/α-hetero) is 1. The molecule has 0 atom stereocenters. The molecule has 3 heteroatoms. The van der Waals surface area contributed by atoms with E-state index in [1.54, 1.807) is 18.2 Å². The van der Waals surface area contributed by atoms with Crippen LogP contribution in [0.2, 0.25) is 0 Å². The minimum absolute atomic E-state index is 0.409. The van der Waals surface area contributed by atoms with Crippen LogP contribution >= 0.6 is 11.8 Å². The maximum atomic E-state index is 11.2. The molecule has 0 bridgehead atoms. The molecule has 3 rings (SSSR count). The second-order valence-corrected chi connectivity index (χ2v) is 4.64. The van der Waals surface area contributed by atoms with E-state index < -0.39 is 11.6 Å². The van der Waals surface area contributed by atoms with Crippen molar-refractivity contribution < 1.29 is 9.59 Å². The van der Waals surface area contributed by atoms with Gasteiger partial charge in [0.15, 0.2) is 0 Å². The van der Waals surface area contributed by atoms with Crippen molar-refractivity contribution in [2.45, 2.75) is 0 Å². The van der Waals surface area contributed by atoms with Crippen LogP contribution in [0.25, 0.3) is 6.08 Å². The molecule has 0 saturated carbocycles. The Hall–Kier alpha value is -1.87. The quantitative estimate of drug-likeness (QED) is 0.668. The zero-order chi connectivity index (χ0) is 12.8. The van der Waals surface area contributed by atoms with E-state index in [1.807, 2.05) is 30.0 Å². The van der Waals surface area contributed by atoms with Gasteiger partial charge in [-0.1, -0.05) is 48.6 Å². The van der Waals surface area contributed by atoms with Crippen molar-refractivity contribution in [3.05, 3.63) is 65.1 Å². The molecule has 0 fully saturated rings. The van der Waals surface area contributed by atoms with Crippen LogP contribution in [0.15, 0.2) is 54.0 Å². The average Bonchev–Trinajstić information content (AvgIpc) is 2.46. The standard InChI is InChI=1S/C10H6O2.C5H6S/c11-9-6-5-7-3-1-2-4-8(7)10(9)12;1-2-4-6-5-3-1/h1-6H;1-4H,5H2. The molecule has 1 aromatic rings. The highest BCUT2D eigenvalue weighted by molar-refractivity contribution is 8.02. The maximum absolute atomic E-state index is 11.2. The van der Waals surface area contributed by atoms with Crippen molar-refractivity contribution in [3.63, 3.8) is 0 Å². The summed E-state index contributed by atoms with van der Waals surface area (Å²) in [5.74, 6) is 0.304. The number of fused-ring (bicyclic) bond motifs is 1. The molecule has 90 valence electrons. The summed E-state index contributed by atoms with van der Waals surface area (Å²) in [7, 11) is 0. The van der Waals surface area contributed by atoms with Crippen molar-refractivity contribution in [2.75, 3.05) is 5.75 Å². The number of carbonyl (C=O) groups is 2. The van der Waals surface area contributed by atoms with Crippen LogP contribution in [0.4, 0.5) is 0 Å². The fourth-order valence-corrected chi connectivity index (χ4v) is 2.10. The highest BCUT2D eigenvalue weighted by atomic mass is 32.2. The first-order chi connectivity index (χ1) is 8.79. The molecular formula is C15H12O2S. The number of hydrogen-bond acceptors (Lipinski definition) is 3. The lowest BCUT2D eigenvalue weighted by Gasteiger charge is -2.06. The van der Waals surface area contributed by atoms with Crippen molar-refractivity contribution in [1.82, 2.24) is 0 Å². The summed E-state index contributed by atoms with van der Waals surface area (Å²) >= 11 is 1.83. The zero-order valence-corrected chi connectivity index (χ0v) is 10.5. The van der Waals surface area contributed by atoms with Gasteiger partial charge in [0, 0.05) is 11.3 Å². The van der Waals surface area contributed by atoms with Gasteiger partial charge in [-0.3, -0.25) is 9.59 Å². The Bertz CT molecular complexity index is 541. The van der Waals surface area contributed by atoms with E-state index in [9.17, 15) is 9.59 Å². The van der Waals surface area contributed by atoms with Crippen LogP contribution in [0.5, 0.6) is 0 Å². The van der Waals surface area contributed by atoms with Gasteiger partial charge in [0.2, 0.25) is 11.6 Å². The lowest BCUT2D eigenvalue weighted by atomic mass is 9.96. The second-order valence-electron chi connectivity index (χ2n) is 3.70. The van der Waals surface area contributed by atoms with Gasteiger partial charge in [0.05, 0.1) is 0 Å². The van der Waals surface area contributed by atoms with Gasteiger partial charge in [0.1, 0.15) is 0 Å². The van der Waals surface area contributed by atoms with Gasteiger partial charge in [0.25, 0.3) is 0 Å². The van der Waals surface area contributed by atoms with Gasteiger partial charge in [-0.2, -0.15) is 0 Å². The van der Waals surface area contributed by atoms with Crippen LogP contribution in [-0.4, -0.2) is 17.3 Å². The molecule has 18 heavy (non-hydrogen) atoms. The number of thioether (sulfide) groups is 1. The van der Waals surface area contributed by atoms with E-state index in [1.165, 1.54) is 6.08 Å². The number of carbonyl (C=O) groups excluding carboxylic acids is 2. The highest BCUT2D eigenvalue weighted by Crippen LogP contribution is 2.16. The third-order valence-corrected chi connectivity index (χ3v) is 3.19. The summed E-state index contributed by atoms with van der Waals surface area (Å²) in [5.41, 5.74) is 1.33. The van der Waals surface area contributed by atoms with Crippen molar-refractivity contribution >= 4 is 29.4 Å². The molecule has 1 aliphatic heterocycles. The lowest BCUT2D eigenvalue weighted by Crippen LogP contribution is -2.15. The van der Waals surface area contributed by atoms with Gasteiger partial charge in [-0.15, -0.1) is 11.8 Å². The monoisotopic (exact) mass is 256 g/mol. The van der Waals surface area contributed by atoms with Gasteiger partial charge >= 0.3 is 0 Å². The molecule has 0 amide bonds. The fourth-order valence-electron chi connectivity index (χ4n) is 1.57. The van der Waals surface area contributed by atoms with Crippen LogP contribution in [0.1, 0.15) is 15.9 Å². The molecule has 0 spiro atoms. The number of rotatable bonds is 0. The number of hydrogen-bond donors (Lipinski definition) is 0. The Morgan fingerprint density at radius 2 is 1.83 bits per heavy atom. The Kier molecular flexibility index (Phi) is 4.31. The summed E-state index contributed by atoms with van der Waals surface area (Å²) in [6.45, 7) is 0. The minimum Gasteiger partial charge on any atom is -0.286 e. The number of benzene rings is 1. The predicted molar refractivity (Wildman–Crippen MR) is 75.6 cm³/mol. The molecule has 1 heterocycles. The molecule has 2 nitrogen and oxygen atoms in total. The maximum Gasteiger partial charge on any atom is 0.233 e. The minimum atomic E-state index is -0.436. The van der Waals surface area contributed by atoms with Gasteiger partial charge in [-0.05, 0) is 17.0 Å². The molecule has 0 N–H and O–H groups in total. The van der Waals surface area contributed by atoms with E-state index in [-0.39, 0.29) is 0 Å². The predicted octanol–water partition coefficient (Wildman–Crippen LogP) is 3.27. The molecule has 1 aromatic carbocycles. The van der Waals surface area contributed by atoms with Crippen molar-refractivity contribution in [1.29, 1.82) is 0 Å². The first kappa shape index (κ1) is 12.6. The Morgan fingerprint density at radius 3 is 2.44 bits per heavy atom. The topological polar surface area (TPSA) is 34.1 Å². The number of ketones is 2. The Morgan fingerprint density at radius 1 is 1.00 bits per heavy atom. The zero-order valence-electron chi connectivity index (χ0n) is 9.71. The fraction of sp³-hybridized carbons (Fsp3) is 0.0667. The molecule has 2 aliphatic rings. The SMILES string of the molecule is C1=CCSC=C1.O=C1C=Cc2ccccc2C1=O. The first-order valence-electron chi connectivity index (χ1n) is 5.58. The van der Waals surface area contributed by atoms with Gasteiger partial charge < -0.3 is 0 Å². The van der Waals surface area contributed by atoms with Crippen LogP contribution in [0.3, 0.4) is 0 Å². The smallest absolute Gasteiger partial charge is 0.233 e. The largest absolute Gasteiger partial charge is 0.286 e. The summed E-state index contributed by atoms with van der Waals surface area (Å²) < 4.78 is 0. The molecule has 1 aliphatic carbocycles. The first-order valence-corrected chi connectivity index (χ1v) is 6.63. The Labute approximate surface area is 110 Å². The van der Waals surface area contributed by atoms with E-state index >= 15 is 0 Å². The van der Waals surface area contributed by atoms with Crippen molar-refractivity contribution in [3.8, 4) is 0 Å². The third-order valence-electron chi connectivity index (χ3n) is 2.46. The van der Waals surface area contributed by atoms with Crippen LogP contribution in [0, 0.1) is 0 Å². The average molecular weight is 256 g/mol. The molecule has 0 radical (unpaired) electrons. The van der Waals surface area contributed by atoms with Crippen LogP contribution in [-0.2, 0) is 4.79 Å². The molecule has 0 aromatic heterocycles. The van der Waals surface area contributed by atoms with Crippen LogP contribution < -0.4 is 0 Å². The second kappa shape index (κ2) is 6.17. The van der Waals surface area contributed by atoms with E-state index in [4.69, 9.17) is 0 Å². The van der Waals surface area contributed by atoms with Crippen molar-refractivity contribution in [2.24, 2.45) is 0 Å². The molecule has 0 unspecified atom stereocenters. The normalized spacial score (nSPS) is 16.0.